The Morgan fingerprint density at radius 2 is 2.05 bits per heavy atom. The standard InChI is InChI=1S/C15H25N5O/c1-4-7-12-18-13(16)10(2)14(19-12)17-11(3)15(21)20-8-5-6-9-20/h11H,4-9H2,1-3H3,(H3,16,17,18,19). The maximum atomic E-state index is 12.3. The highest BCUT2D eigenvalue weighted by atomic mass is 16.2. The Balaban J connectivity index is 2.12. The van der Waals surface area contributed by atoms with Gasteiger partial charge in [0.05, 0.1) is 0 Å². The summed E-state index contributed by atoms with van der Waals surface area (Å²) in [5, 5.41) is 3.20. The number of nitrogen functional groups attached to an aromatic ring is 1. The van der Waals surface area contributed by atoms with E-state index in [4.69, 9.17) is 5.73 Å². The van der Waals surface area contributed by atoms with Gasteiger partial charge in [0.2, 0.25) is 5.91 Å². The van der Waals surface area contributed by atoms with Gasteiger partial charge in [-0.25, -0.2) is 9.97 Å². The lowest BCUT2D eigenvalue weighted by Crippen LogP contribution is -2.40. The maximum Gasteiger partial charge on any atom is 0.244 e. The van der Waals surface area contributed by atoms with E-state index in [1.165, 1.54) is 0 Å². The number of carbonyl (C=O) groups excluding carboxylic acids is 1. The Morgan fingerprint density at radius 3 is 2.67 bits per heavy atom. The first-order chi connectivity index (χ1) is 10.0. The number of aryl methyl sites for hydroxylation is 1. The lowest BCUT2D eigenvalue weighted by molar-refractivity contribution is -0.130. The van der Waals surface area contributed by atoms with Crippen molar-refractivity contribution in [2.75, 3.05) is 24.1 Å². The Labute approximate surface area is 126 Å². The molecule has 1 atom stereocenters. The molecule has 0 radical (unpaired) electrons. The highest BCUT2D eigenvalue weighted by Gasteiger charge is 2.24. The van der Waals surface area contributed by atoms with Gasteiger partial charge in [-0.05, 0) is 33.1 Å². The summed E-state index contributed by atoms with van der Waals surface area (Å²) >= 11 is 0. The van der Waals surface area contributed by atoms with Crippen LogP contribution in [0.3, 0.4) is 0 Å². The zero-order valence-corrected chi connectivity index (χ0v) is 13.1. The number of hydrogen-bond acceptors (Lipinski definition) is 5. The van der Waals surface area contributed by atoms with Crippen molar-refractivity contribution in [2.24, 2.45) is 0 Å². The monoisotopic (exact) mass is 291 g/mol. The summed E-state index contributed by atoms with van der Waals surface area (Å²) in [6.07, 6.45) is 3.94. The van der Waals surface area contributed by atoms with Gasteiger partial charge in [-0.2, -0.15) is 0 Å². The van der Waals surface area contributed by atoms with E-state index in [2.05, 4.69) is 22.2 Å². The molecule has 21 heavy (non-hydrogen) atoms. The van der Waals surface area contributed by atoms with Crippen LogP contribution in [0.5, 0.6) is 0 Å². The van der Waals surface area contributed by atoms with E-state index in [9.17, 15) is 4.79 Å². The average molecular weight is 291 g/mol. The van der Waals surface area contributed by atoms with Gasteiger partial charge in [0.25, 0.3) is 0 Å². The molecule has 6 nitrogen and oxygen atoms in total. The van der Waals surface area contributed by atoms with Crippen LogP contribution in [0.25, 0.3) is 0 Å². The fourth-order valence-electron chi connectivity index (χ4n) is 2.54. The minimum Gasteiger partial charge on any atom is -0.383 e. The smallest absolute Gasteiger partial charge is 0.244 e. The number of likely N-dealkylation sites (tertiary alicyclic amines) is 1. The van der Waals surface area contributed by atoms with Crippen LogP contribution in [-0.2, 0) is 11.2 Å². The number of nitrogens with one attached hydrogen (secondary N) is 1. The quantitative estimate of drug-likeness (QED) is 0.863. The predicted molar refractivity (Wildman–Crippen MR) is 84.1 cm³/mol. The summed E-state index contributed by atoms with van der Waals surface area (Å²) < 4.78 is 0. The Hall–Kier alpha value is -1.85. The first-order valence-corrected chi connectivity index (χ1v) is 7.71. The van der Waals surface area contributed by atoms with Crippen LogP contribution in [0, 0.1) is 6.92 Å². The molecular formula is C15H25N5O. The fraction of sp³-hybridized carbons (Fsp3) is 0.667. The minimum absolute atomic E-state index is 0.126. The third-order valence-electron chi connectivity index (χ3n) is 3.84. The molecule has 1 aromatic rings. The summed E-state index contributed by atoms with van der Waals surface area (Å²) in [6, 6.07) is -0.300. The van der Waals surface area contributed by atoms with E-state index >= 15 is 0 Å². The van der Waals surface area contributed by atoms with Gasteiger partial charge < -0.3 is 16.0 Å². The highest BCUT2D eigenvalue weighted by molar-refractivity contribution is 5.84. The van der Waals surface area contributed by atoms with Crippen LogP contribution in [0.2, 0.25) is 0 Å². The Kier molecular flexibility index (Phi) is 4.98. The molecule has 1 aromatic heterocycles. The topological polar surface area (TPSA) is 84.1 Å². The summed E-state index contributed by atoms with van der Waals surface area (Å²) in [6.45, 7) is 7.54. The van der Waals surface area contributed by atoms with Crippen molar-refractivity contribution >= 4 is 17.5 Å². The van der Waals surface area contributed by atoms with Crippen LogP contribution >= 0.6 is 0 Å². The van der Waals surface area contributed by atoms with E-state index in [0.717, 1.165) is 50.2 Å². The van der Waals surface area contributed by atoms with Gasteiger partial charge in [-0.3, -0.25) is 4.79 Å². The van der Waals surface area contributed by atoms with Crippen molar-refractivity contribution in [3.8, 4) is 0 Å². The third kappa shape index (κ3) is 3.62. The molecule has 1 saturated heterocycles. The van der Waals surface area contributed by atoms with Crippen LogP contribution in [0.4, 0.5) is 11.6 Å². The van der Waals surface area contributed by atoms with E-state index in [1.807, 2.05) is 18.7 Å². The first kappa shape index (κ1) is 15.5. The summed E-state index contributed by atoms with van der Waals surface area (Å²) in [7, 11) is 0. The second-order valence-electron chi connectivity index (χ2n) is 5.65. The Morgan fingerprint density at radius 1 is 1.38 bits per heavy atom. The molecule has 0 spiro atoms. The number of hydrogen-bond donors (Lipinski definition) is 2. The number of amides is 1. The summed E-state index contributed by atoms with van der Waals surface area (Å²) in [4.78, 5) is 23.0. The number of rotatable bonds is 5. The van der Waals surface area contributed by atoms with Crippen molar-refractivity contribution in [3.05, 3.63) is 11.4 Å². The largest absolute Gasteiger partial charge is 0.383 e. The maximum absolute atomic E-state index is 12.3. The zero-order chi connectivity index (χ0) is 15.4. The molecule has 2 heterocycles. The highest BCUT2D eigenvalue weighted by Crippen LogP contribution is 2.19. The molecule has 1 unspecified atom stereocenters. The average Bonchev–Trinajstić information content (AvgIpc) is 2.97. The second kappa shape index (κ2) is 6.74. The van der Waals surface area contributed by atoms with Gasteiger partial charge >= 0.3 is 0 Å². The summed E-state index contributed by atoms with van der Waals surface area (Å²) in [5.74, 6) is 2.01. The molecule has 0 bridgehead atoms. The molecule has 0 aliphatic carbocycles. The van der Waals surface area contributed by atoms with E-state index in [0.29, 0.717) is 11.6 Å². The van der Waals surface area contributed by atoms with E-state index in [-0.39, 0.29) is 11.9 Å². The number of aromatic nitrogens is 2. The normalized spacial score (nSPS) is 16.0. The molecule has 1 amide bonds. The van der Waals surface area contributed by atoms with Gasteiger partial charge in [0, 0.05) is 25.1 Å². The molecule has 6 heteroatoms. The lowest BCUT2D eigenvalue weighted by atomic mass is 10.2. The van der Waals surface area contributed by atoms with Crippen molar-refractivity contribution in [1.29, 1.82) is 0 Å². The SMILES string of the molecule is CCCc1nc(N)c(C)c(NC(C)C(=O)N2CCCC2)n1. The second-order valence-corrected chi connectivity index (χ2v) is 5.65. The fourth-order valence-corrected chi connectivity index (χ4v) is 2.54. The van der Waals surface area contributed by atoms with Crippen LogP contribution < -0.4 is 11.1 Å². The predicted octanol–water partition coefficient (Wildman–Crippen LogP) is 1.74. The number of anilines is 2. The summed E-state index contributed by atoms with van der Waals surface area (Å²) in [5.41, 5.74) is 6.74. The Bertz CT molecular complexity index is 511. The molecule has 0 aromatic carbocycles. The van der Waals surface area contributed by atoms with Crippen LogP contribution in [0.15, 0.2) is 0 Å². The molecular weight excluding hydrogens is 266 g/mol. The third-order valence-corrected chi connectivity index (χ3v) is 3.84. The number of nitrogens with zero attached hydrogens (tertiary/aromatic N) is 3. The number of carbonyl (C=O) groups is 1. The molecule has 1 aliphatic rings. The zero-order valence-electron chi connectivity index (χ0n) is 13.1. The minimum atomic E-state index is -0.300. The van der Waals surface area contributed by atoms with E-state index in [1.54, 1.807) is 0 Å². The molecule has 3 N–H and O–H groups in total. The van der Waals surface area contributed by atoms with Crippen LogP contribution in [0.1, 0.15) is 44.5 Å². The lowest BCUT2D eigenvalue weighted by Gasteiger charge is -2.22. The first-order valence-electron chi connectivity index (χ1n) is 7.71. The van der Waals surface area contributed by atoms with Crippen LogP contribution in [-0.4, -0.2) is 39.9 Å². The van der Waals surface area contributed by atoms with Gasteiger partial charge in [-0.15, -0.1) is 0 Å². The molecule has 0 saturated carbocycles. The van der Waals surface area contributed by atoms with Crippen molar-refractivity contribution < 1.29 is 4.79 Å². The van der Waals surface area contributed by atoms with Crippen molar-refractivity contribution in [2.45, 2.75) is 52.5 Å². The number of nitrogens with two attached hydrogens (primary N) is 1. The van der Waals surface area contributed by atoms with Gasteiger partial charge in [0.15, 0.2) is 0 Å². The van der Waals surface area contributed by atoms with Crippen molar-refractivity contribution in [1.82, 2.24) is 14.9 Å². The molecule has 1 fully saturated rings. The van der Waals surface area contributed by atoms with Crippen molar-refractivity contribution in [3.63, 3.8) is 0 Å². The van der Waals surface area contributed by atoms with E-state index < -0.39 is 0 Å². The van der Waals surface area contributed by atoms with Gasteiger partial charge in [-0.1, -0.05) is 6.92 Å². The molecule has 2 rings (SSSR count). The van der Waals surface area contributed by atoms with Gasteiger partial charge in [0.1, 0.15) is 23.5 Å². The molecule has 1 aliphatic heterocycles. The molecule has 116 valence electrons.